The lowest BCUT2D eigenvalue weighted by atomic mass is 10.3. The number of amides is 1. The molecule has 3 rings (SSSR count). The highest BCUT2D eigenvalue weighted by molar-refractivity contribution is 8.00. The van der Waals surface area contributed by atoms with Crippen LogP contribution in [0.4, 0.5) is 14.5 Å². The Balaban J connectivity index is 1.74. The Hall–Kier alpha value is -2.72. The lowest BCUT2D eigenvalue weighted by Gasteiger charge is -2.15. The molecule has 0 spiro atoms. The van der Waals surface area contributed by atoms with Gasteiger partial charge in [-0.3, -0.25) is 14.2 Å². The first-order chi connectivity index (χ1) is 13.9. The van der Waals surface area contributed by atoms with E-state index < -0.39 is 11.9 Å². The summed E-state index contributed by atoms with van der Waals surface area (Å²) in [7, 11) is 0. The molecular formula is C19H17F2N3O3S2. The summed E-state index contributed by atoms with van der Waals surface area (Å²) in [6, 6.07) is 7.34. The fourth-order valence-electron chi connectivity index (χ4n) is 2.49. The first kappa shape index (κ1) is 21.0. The molecule has 0 fully saturated rings. The van der Waals surface area contributed by atoms with Crippen molar-refractivity contribution in [3.05, 3.63) is 58.7 Å². The number of thiophene rings is 1. The average molecular weight is 437 g/mol. The Morgan fingerprint density at radius 1 is 1.38 bits per heavy atom. The van der Waals surface area contributed by atoms with Crippen molar-refractivity contribution in [3.63, 3.8) is 0 Å². The van der Waals surface area contributed by atoms with Crippen LogP contribution in [-0.2, 0) is 11.3 Å². The van der Waals surface area contributed by atoms with Crippen LogP contribution < -0.4 is 15.6 Å². The Bertz CT molecular complexity index is 1080. The summed E-state index contributed by atoms with van der Waals surface area (Å²) in [6.45, 7) is 2.73. The van der Waals surface area contributed by atoms with Gasteiger partial charge >= 0.3 is 6.61 Å². The summed E-state index contributed by atoms with van der Waals surface area (Å²) in [5.74, 6) is -0.314. The van der Waals surface area contributed by atoms with Crippen molar-refractivity contribution in [2.45, 2.75) is 30.5 Å². The third kappa shape index (κ3) is 5.01. The molecule has 1 N–H and O–H groups in total. The van der Waals surface area contributed by atoms with Crippen LogP contribution in [0, 0.1) is 0 Å². The predicted octanol–water partition coefficient (Wildman–Crippen LogP) is 4.36. The lowest BCUT2D eigenvalue weighted by Crippen LogP contribution is -2.26. The molecule has 0 saturated heterocycles. The Kier molecular flexibility index (Phi) is 6.65. The van der Waals surface area contributed by atoms with E-state index in [0.717, 1.165) is 11.8 Å². The summed E-state index contributed by atoms with van der Waals surface area (Å²) in [4.78, 5) is 30.3. The smallest absolute Gasteiger partial charge is 0.387 e. The van der Waals surface area contributed by atoms with E-state index in [1.54, 1.807) is 24.4 Å². The first-order valence-corrected chi connectivity index (χ1v) is 10.3. The summed E-state index contributed by atoms with van der Waals surface area (Å²) in [5, 5.41) is 4.89. The molecule has 1 amide bonds. The number of anilines is 1. The number of rotatable bonds is 8. The number of alkyl halides is 2. The van der Waals surface area contributed by atoms with Gasteiger partial charge in [0.05, 0.1) is 10.6 Å². The molecule has 0 bridgehead atoms. The zero-order valence-corrected chi connectivity index (χ0v) is 16.9. The molecule has 0 aliphatic carbocycles. The maximum Gasteiger partial charge on any atom is 0.387 e. The van der Waals surface area contributed by atoms with E-state index in [0.29, 0.717) is 21.1 Å². The Morgan fingerprint density at radius 3 is 2.76 bits per heavy atom. The summed E-state index contributed by atoms with van der Waals surface area (Å²) in [6.07, 6.45) is 1.60. The summed E-state index contributed by atoms with van der Waals surface area (Å²) >= 11 is 2.51. The minimum Gasteiger partial charge on any atom is -0.435 e. The largest absolute Gasteiger partial charge is 0.435 e. The van der Waals surface area contributed by atoms with Crippen molar-refractivity contribution in [1.29, 1.82) is 0 Å². The fourth-order valence-corrected chi connectivity index (χ4v) is 4.21. The number of carbonyl (C=O) groups is 1. The Labute approximate surface area is 173 Å². The van der Waals surface area contributed by atoms with Crippen molar-refractivity contribution < 1.29 is 18.3 Å². The molecular weight excluding hydrogens is 420 g/mol. The van der Waals surface area contributed by atoms with Gasteiger partial charge in [-0.15, -0.1) is 17.9 Å². The highest BCUT2D eigenvalue weighted by Gasteiger charge is 2.20. The van der Waals surface area contributed by atoms with Crippen LogP contribution in [0.2, 0.25) is 0 Å². The van der Waals surface area contributed by atoms with Crippen molar-refractivity contribution in [3.8, 4) is 5.75 Å². The van der Waals surface area contributed by atoms with E-state index in [2.05, 4.69) is 21.6 Å². The number of fused-ring (bicyclic) bond motifs is 1. The molecule has 10 heteroatoms. The first-order valence-electron chi connectivity index (χ1n) is 8.50. The summed E-state index contributed by atoms with van der Waals surface area (Å²) in [5.41, 5.74) is 0.259. The molecule has 152 valence electrons. The maximum atomic E-state index is 12.7. The standard InChI is InChI=1S/C19H17F2N3O3S2/c1-3-9-24-17(26)14-8-10-28-16(14)23-19(24)29-11(2)15(25)22-12-4-6-13(7-5-12)27-18(20)21/h3-8,10-11,18H,1,9H2,2H3,(H,22,25). The molecule has 0 radical (unpaired) electrons. The summed E-state index contributed by atoms with van der Waals surface area (Å²) < 4.78 is 30.2. The number of halogens is 2. The average Bonchev–Trinajstić information content (AvgIpc) is 3.14. The molecule has 1 atom stereocenters. The number of aromatic nitrogens is 2. The molecule has 2 heterocycles. The monoisotopic (exact) mass is 437 g/mol. The quantitative estimate of drug-likeness (QED) is 0.322. The van der Waals surface area contributed by atoms with Gasteiger partial charge in [-0.25, -0.2) is 4.98 Å². The third-order valence-corrected chi connectivity index (χ3v) is 5.76. The molecule has 2 aromatic heterocycles. The minimum atomic E-state index is -2.91. The highest BCUT2D eigenvalue weighted by atomic mass is 32.2. The van der Waals surface area contributed by atoms with E-state index in [9.17, 15) is 18.4 Å². The predicted molar refractivity (Wildman–Crippen MR) is 111 cm³/mol. The van der Waals surface area contributed by atoms with E-state index in [4.69, 9.17) is 0 Å². The second kappa shape index (κ2) is 9.19. The number of hydrogen-bond donors (Lipinski definition) is 1. The number of allylic oxidation sites excluding steroid dienone is 1. The topological polar surface area (TPSA) is 73.2 Å². The zero-order chi connectivity index (χ0) is 21.0. The van der Waals surface area contributed by atoms with Gasteiger partial charge in [-0.1, -0.05) is 17.8 Å². The van der Waals surface area contributed by atoms with Gasteiger partial charge in [0, 0.05) is 12.2 Å². The van der Waals surface area contributed by atoms with Crippen LogP contribution in [-0.4, -0.2) is 27.3 Å². The highest BCUT2D eigenvalue weighted by Crippen LogP contribution is 2.26. The molecule has 0 aliphatic heterocycles. The van der Waals surface area contributed by atoms with Crippen LogP contribution in [0.25, 0.3) is 10.2 Å². The van der Waals surface area contributed by atoms with E-state index in [1.807, 2.05) is 0 Å². The van der Waals surface area contributed by atoms with Gasteiger partial charge in [0.25, 0.3) is 5.56 Å². The second-order valence-electron chi connectivity index (χ2n) is 5.89. The number of nitrogens with one attached hydrogen (secondary N) is 1. The molecule has 1 unspecified atom stereocenters. The minimum absolute atomic E-state index is 0.00214. The van der Waals surface area contributed by atoms with Gasteiger partial charge in [-0.05, 0) is 42.6 Å². The number of nitrogens with zero attached hydrogens (tertiary/aromatic N) is 2. The second-order valence-corrected chi connectivity index (χ2v) is 8.09. The molecule has 0 saturated carbocycles. The van der Waals surface area contributed by atoms with Crippen molar-refractivity contribution in [1.82, 2.24) is 9.55 Å². The molecule has 29 heavy (non-hydrogen) atoms. The number of hydrogen-bond acceptors (Lipinski definition) is 6. The molecule has 3 aromatic rings. The maximum absolute atomic E-state index is 12.7. The third-order valence-electron chi connectivity index (χ3n) is 3.86. The molecule has 0 aliphatic rings. The zero-order valence-electron chi connectivity index (χ0n) is 15.3. The van der Waals surface area contributed by atoms with Gasteiger partial charge in [0.2, 0.25) is 5.91 Å². The van der Waals surface area contributed by atoms with Crippen LogP contribution >= 0.6 is 23.1 Å². The van der Waals surface area contributed by atoms with Gasteiger partial charge < -0.3 is 10.1 Å². The van der Waals surface area contributed by atoms with Crippen LogP contribution in [0.5, 0.6) is 5.75 Å². The number of ether oxygens (including phenoxy) is 1. The van der Waals surface area contributed by atoms with Gasteiger partial charge in [0.15, 0.2) is 5.16 Å². The number of carbonyl (C=O) groups excluding carboxylic acids is 1. The van der Waals surface area contributed by atoms with E-state index in [-0.39, 0.29) is 23.8 Å². The normalized spacial score (nSPS) is 12.1. The fraction of sp³-hybridized carbons (Fsp3) is 0.211. The number of thioether (sulfide) groups is 1. The molecule has 6 nitrogen and oxygen atoms in total. The van der Waals surface area contributed by atoms with E-state index in [1.165, 1.54) is 40.2 Å². The van der Waals surface area contributed by atoms with Gasteiger partial charge in [-0.2, -0.15) is 8.78 Å². The van der Waals surface area contributed by atoms with Gasteiger partial charge in [0.1, 0.15) is 10.6 Å². The van der Waals surface area contributed by atoms with Crippen molar-refractivity contribution in [2.24, 2.45) is 0 Å². The van der Waals surface area contributed by atoms with Crippen molar-refractivity contribution >= 4 is 44.9 Å². The molecule has 1 aromatic carbocycles. The Morgan fingerprint density at radius 2 is 2.10 bits per heavy atom. The van der Waals surface area contributed by atoms with Crippen LogP contribution in [0.1, 0.15) is 6.92 Å². The van der Waals surface area contributed by atoms with Crippen molar-refractivity contribution in [2.75, 3.05) is 5.32 Å². The van der Waals surface area contributed by atoms with Crippen LogP contribution in [0.3, 0.4) is 0 Å². The lowest BCUT2D eigenvalue weighted by molar-refractivity contribution is -0.115. The number of benzene rings is 1. The SMILES string of the molecule is C=CCn1c(SC(C)C(=O)Nc2ccc(OC(F)F)cc2)nc2sccc2c1=O. The van der Waals surface area contributed by atoms with E-state index >= 15 is 0 Å². The van der Waals surface area contributed by atoms with Crippen LogP contribution in [0.15, 0.2) is 58.3 Å².